The lowest BCUT2D eigenvalue weighted by Gasteiger charge is -2.11. The maximum absolute atomic E-state index is 5.78. The molecule has 1 aromatic rings. The molecule has 21 heavy (non-hydrogen) atoms. The maximum Gasteiger partial charge on any atom is 0.0450 e. The Balaban J connectivity index is 2.02. The monoisotopic (exact) mass is 294 g/mol. The average Bonchev–Trinajstić information content (AvgIpc) is 3.00. The van der Waals surface area contributed by atoms with E-state index in [2.05, 4.69) is 56.3 Å². The van der Waals surface area contributed by atoms with Crippen LogP contribution in [-0.2, 0) is 0 Å². The van der Waals surface area contributed by atoms with E-state index >= 15 is 0 Å². The quantitative estimate of drug-likeness (QED) is 0.609. The van der Waals surface area contributed by atoms with Gasteiger partial charge < -0.3 is 0 Å². The Kier molecular flexibility index (Phi) is 4.21. The van der Waals surface area contributed by atoms with Crippen LogP contribution in [0.1, 0.15) is 45.1 Å². The highest BCUT2D eigenvalue weighted by Gasteiger charge is 2.34. The molecule has 0 aliphatic heterocycles. The Morgan fingerprint density at radius 3 is 2.38 bits per heavy atom. The second-order valence-electron chi connectivity index (χ2n) is 5.90. The highest BCUT2D eigenvalue weighted by Crippen LogP contribution is 2.47. The minimum absolute atomic E-state index is 0.406. The van der Waals surface area contributed by atoms with Gasteiger partial charge in [-0.05, 0) is 40.7 Å². The molecule has 0 saturated heterocycles. The van der Waals surface area contributed by atoms with Gasteiger partial charge in [-0.1, -0.05) is 81.4 Å². The molecule has 1 heteroatoms. The van der Waals surface area contributed by atoms with Crippen LogP contribution in [0, 0.1) is 5.92 Å². The predicted octanol–water partition coefficient (Wildman–Crippen LogP) is 5.91. The summed E-state index contributed by atoms with van der Waals surface area (Å²) in [6, 6.07) is 10.8. The van der Waals surface area contributed by atoms with Gasteiger partial charge in [-0.2, -0.15) is 0 Å². The standard InChI is InChI=1S/C20H22S/c1-3-8-15-12-17(14-10-6-5-7-11-14)18-13-16(9-4-2)20(21)19(15)18/h5-7,10-13,18H,3-4,8-9H2,1-2H3. The first-order valence-corrected chi connectivity index (χ1v) is 8.42. The minimum atomic E-state index is 0.406. The molecule has 2 aliphatic carbocycles. The van der Waals surface area contributed by atoms with Gasteiger partial charge in [0, 0.05) is 10.8 Å². The van der Waals surface area contributed by atoms with Gasteiger partial charge in [-0.15, -0.1) is 0 Å². The molecule has 0 amide bonds. The Bertz CT molecular complexity index is 644. The fourth-order valence-electron chi connectivity index (χ4n) is 3.46. The van der Waals surface area contributed by atoms with Gasteiger partial charge >= 0.3 is 0 Å². The number of hydrogen-bond acceptors (Lipinski definition) is 1. The highest BCUT2D eigenvalue weighted by molar-refractivity contribution is 7.81. The van der Waals surface area contributed by atoms with Crippen molar-refractivity contribution in [2.45, 2.75) is 39.5 Å². The summed E-state index contributed by atoms with van der Waals surface area (Å²) < 4.78 is 0. The average molecular weight is 294 g/mol. The van der Waals surface area contributed by atoms with Crippen LogP contribution in [0.3, 0.4) is 0 Å². The number of fused-ring (bicyclic) bond motifs is 1. The van der Waals surface area contributed by atoms with Crippen molar-refractivity contribution < 1.29 is 0 Å². The zero-order valence-electron chi connectivity index (χ0n) is 12.9. The summed E-state index contributed by atoms with van der Waals surface area (Å²) in [5.74, 6) is 0.406. The minimum Gasteiger partial charge on any atom is -0.0795 e. The van der Waals surface area contributed by atoms with Crippen LogP contribution in [-0.4, -0.2) is 4.86 Å². The van der Waals surface area contributed by atoms with Gasteiger partial charge in [0.25, 0.3) is 0 Å². The number of allylic oxidation sites excluding steroid dienone is 6. The molecular formula is C20H22S. The van der Waals surface area contributed by atoms with E-state index in [0.717, 1.165) is 17.7 Å². The second kappa shape index (κ2) is 6.11. The zero-order chi connectivity index (χ0) is 14.8. The SMILES string of the molecule is CCCC1=CC2C(c3ccccc3)=CC(CCC)=C2C1=S. The predicted molar refractivity (Wildman–Crippen MR) is 95.4 cm³/mol. The third-order valence-electron chi connectivity index (χ3n) is 4.37. The summed E-state index contributed by atoms with van der Waals surface area (Å²) in [6.07, 6.45) is 9.40. The fourth-order valence-corrected chi connectivity index (χ4v) is 3.88. The fraction of sp³-hybridized carbons (Fsp3) is 0.350. The number of hydrogen-bond donors (Lipinski definition) is 0. The Morgan fingerprint density at radius 2 is 1.71 bits per heavy atom. The molecule has 0 radical (unpaired) electrons. The molecule has 1 atom stereocenters. The lowest BCUT2D eigenvalue weighted by atomic mass is 9.93. The van der Waals surface area contributed by atoms with Crippen molar-refractivity contribution in [3.8, 4) is 0 Å². The zero-order valence-corrected chi connectivity index (χ0v) is 13.7. The van der Waals surface area contributed by atoms with Crippen LogP contribution in [0.25, 0.3) is 5.57 Å². The molecule has 0 N–H and O–H groups in total. The van der Waals surface area contributed by atoms with Gasteiger partial charge in [-0.25, -0.2) is 0 Å². The summed E-state index contributed by atoms with van der Waals surface area (Å²) in [4.78, 5) is 1.13. The molecule has 0 heterocycles. The van der Waals surface area contributed by atoms with Gasteiger partial charge in [-0.3, -0.25) is 0 Å². The Labute approximate surface area is 133 Å². The van der Waals surface area contributed by atoms with Gasteiger partial charge in [0.2, 0.25) is 0 Å². The third-order valence-corrected chi connectivity index (χ3v) is 4.85. The molecule has 0 spiro atoms. The first kappa shape index (κ1) is 14.5. The highest BCUT2D eigenvalue weighted by atomic mass is 32.1. The Morgan fingerprint density at radius 1 is 1.00 bits per heavy atom. The third kappa shape index (κ3) is 2.55. The Hall–Kier alpha value is -1.47. The van der Waals surface area contributed by atoms with Crippen LogP contribution >= 0.6 is 12.2 Å². The van der Waals surface area contributed by atoms with Crippen LogP contribution in [0.5, 0.6) is 0 Å². The van der Waals surface area contributed by atoms with Gasteiger partial charge in [0.1, 0.15) is 0 Å². The normalized spacial score (nSPS) is 20.7. The smallest absolute Gasteiger partial charge is 0.0450 e. The summed E-state index contributed by atoms with van der Waals surface area (Å²) in [5, 5.41) is 0. The van der Waals surface area contributed by atoms with Crippen LogP contribution in [0.2, 0.25) is 0 Å². The number of rotatable bonds is 5. The molecule has 0 nitrogen and oxygen atoms in total. The summed E-state index contributed by atoms with van der Waals surface area (Å²) >= 11 is 5.78. The first-order chi connectivity index (χ1) is 10.3. The molecule has 1 aromatic carbocycles. The lowest BCUT2D eigenvalue weighted by Crippen LogP contribution is -2.03. The molecule has 2 aliphatic rings. The molecule has 0 bridgehead atoms. The molecule has 0 fully saturated rings. The maximum atomic E-state index is 5.78. The van der Waals surface area contributed by atoms with Crippen LogP contribution in [0.15, 0.2) is 59.2 Å². The molecular weight excluding hydrogens is 272 g/mol. The van der Waals surface area contributed by atoms with Crippen molar-refractivity contribution >= 4 is 22.7 Å². The van der Waals surface area contributed by atoms with Crippen molar-refractivity contribution in [3.05, 3.63) is 64.8 Å². The van der Waals surface area contributed by atoms with Crippen molar-refractivity contribution in [1.29, 1.82) is 0 Å². The molecule has 1 unspecified atom stereocenters. The van der Waals surface area contributed by atoms with E-state index in [9.17, 15) is 0 Å². The lowest BCUT2D eigenvalue weighted by molar-refractivity contribution is 0.917. The van der Waals surface area contributed by atoms with E-state index in [1.807, 2.05) is 0 Å². The second-order valence-corrected chi connectivity index (χ2v) is 6.31. The summed E-state index contributed by atoms with van der Waals surface area (Å²) in [7, 11) is 0. The van der Waals surface area contributed by atoms with Crippen LogP contribution in [0.4, 0.5) is 0 Å². The molecule has 108 valence electrons. The van der Waals surface area contributed by atoms with Crippen molar-refractivity contribution in [1.82, 2.24) is 0 Å². The van der Waals surface area contributed by atoms with E-state index in [1.54, 1.807) is 0 Å². The van der Waals surface area contributed by atoms with Gasteiger partial charge in [0.05, 0.1) is 0 Å². The van der Waals surface area contributed by atoms with Crippen LogP contribution < -0.4 is 0 Å². The summed E-state index contributed by atoms with van der Waals surface area (Å²) in [6.45, 7) is 4.47. The van der Waals surface area contributed by atoms with E-state index in [1.165, 1.54) is 40.7 Å². The molecule has 0 saturated carbocycles. The first-order valence-electron chi connectivity index (χ1n) is 8.01. The van der Waals surface area contributed by atoms with E-state index in [0.29, 0.717) is 5.92 Å². The van der Waals surface area contributed by atoms with Crippen molar-refractivity contribution in [2.24, 2.45) is 5.92 Å². The van der Waals surface area contributed by atoms with Crippen molar-refractivity contribution in [2.75, 3.05) is 0 Å². The largest absolute Gasteiger partial charge is 0.0795 e. The van der Waals surface area contributed by atoms with Crippen molar-refractivity contribution in [3.63, 3.8) is 0 Å². The van der Waals surface area contributed by atoms with E-state index < -0.39 is 0 Å². The number of thiocarbonyl (C=S) groups is 1. The van der Waals surface area contributed by atoms with E-state index in [4.69, 9.17) is 12.2 Å². The summed E-state index contributed by atoms with van der Waals surface area (Å²) in [5.41, 5.74) is 7.05. The van der Waals surface area contributed by atoms with Gasteiger partial charge in [0.15, 0.2) is 0 Å². The topological polar surface area (TPSA) is 0 Å². The molecule has 0 aromatic heterocycles. The van der Waals surface area contributed by atoms with E-state index in [-0.39, 0.29) is 0 Å². The molecule has 3 rings (SSSR count). The number of benzene rings is 1.